The van der Waals surface area contributed by atoms with Crippen LogP contribution in [-0.4, -0.2) is 57.6 Å². The van der Waals surface area contributed by atoms with E-state index < -0.39 is 0 Å². The number of nitrogens with two attached hydrogens (primary N) is 1. The summed E-state index contributed by atoms with van der Waals surface area (Å²) in [6.45, 7) is 10.4. The van der Waals surface area contributed by atoms with Crippen molar-refractivity contribution in [2.75, 3.05) is 37.2 Å². The van der Waals surface area contributed by atoms with Crippen LogP contribution in [-0.2, 0) is 22.4 Å². The Hall–Kier alpha value is -5.70. The highest BCUT2D eigenvalue weighted by Gasteiger charge is 2.44. The molecule has 2 saturated heterocycles. The Morgan fingerprint density at radius 2 is 1.11 bits per heavy atom. The number of carbonyl (C=O) groups is 2. The monoisotopic (exact) mass is 838 g/mol. The number of carbonyl (C=O) groups excluding carboxylic acids is 2. The van der Waals surface area contributed by atoms with Crippen molar-refractivity contribution in [2.24, 2.45) is 23.7 Å². The number of aromatic amines is 2. The molecule has 0 radical (unpaired) electrons. The number of allylic oxidation sites excluding steroid dienone is 3. The number of nitrogens with zero attached hydrogens (tertiary/aromatic N) is 2. The van der Waals surface area contributed by atoms with E-state index in [1.807, 2.05) is 55.5 Å². The van der Waals surface area contributed by atoms with Gasteiger partial charge in [0.25, 0.3) is 5.91 Å². The second kappa shape index (κ2) is 17.5. The first-order chi connectivity index (χ1) is 30.7. The molecule has 63 heavy (non-hydrogen) atoms. The van der Waals surface area contributed by atoms with Gasteiger partial charge in [-0.1, -0.05) is 83.9 Å². The Morgan fingerprint density at radius 1 is 0.635 bits per heavy atom. The fourth-order valence-corrected chi connectivity index (χ4v) is 12.1. The summed E-state index contributed by atoms with van der Waals surface area (Å²) in [7, 11) is 0. The molecule has 4 aliphatic heterocycles. The lowest BCUT2D eigenvalue weighted by molar-refractivity contribution is -0.115. The van der Waals surface area contributed by atoms with Crippen LogP contribution in [0.15, 0.2) is 120 Å². The molecule has 0 spiro atoms. The molecule has 6 atom stereocenters. The minimum absolute atomic E-state index is 0.0830. The van der Waals surface area contributed by atoms with Gasteiger partial charge in [0.2, 0.25) is 0 Å². The van der Waals surface area contributed by atoms with Crippen molar-refractivity contribution in [3.8, 4) is 0 Å². The van der Waals surface area contributed by atoms with Crippen LogP contribution >= 0.6 is 0 Å². The van der Waals surface area contributed by atoms with Crippen LogP contribution < -0.4 is 11.1 Å². The highest BCUT2D eigenvalue weighted by Crippen LogP contribution is 2.49. The number of amides is 1. The van der Waals surface area contributed by atoms with Gasteiger partial charge in [-0.25, -0.2) is 0 Å². The SMILES string of the molecule is CC(=O)C1=CCC[C@H]2CN3CCc4c([nH]c5ccccc45)[C@@H]3C[C@H]12.Cc1ccc(N)cc1.Cc1ccc(NC(=O)C2=CCC[C@H]3CN4CCc5c([nH]c6ccccc56)[C@@H]4C[C@H]23)cc1. The number of fused-ring (bicyclic) bond motifs is 12. The molecule has 8 heteroatoms. The van der Waals surface area contributed by atoms with Crippen molar-refractivity contribution in [1.82, 2.24) is 19.8 Å². The summed E-state index contributed by atoms with van der Waals surface area (Å²) in [5.74, 6) is 2.39. The maximum Gasteiger partial charge on any atom is 0.251 e. The number of rotatable bonds is 3. The highest BCUT2D eigenvalue weighted by atomic mass is 16.1. The minimum Gasteiger partial charge on any atom is -0.399 e. The fourth-order valence-electron chi connectivity index (χ4n) is 12.1. The van der Waals surface area contributed by atoms with E-state index in [0.717, 1.165) is 87.2 Å². The molecule has 1 amide bonds. The van der Waals surface area contributed by atoms with E-state index in [1.54, 1.807) is 6.92 Å². The quantitative estimate of drug-likeness (QED) is 0.133. The van der Waals surface area contributed by atoms with Crippen LogP contribution in [0.1, 0.15) is 91.2 Å². The average molecular weight is 839 g/mol. The number of para-hydroxylation sites is 2. The van der Waals surface area contributed by atoms with E-state index in [-0.39, 0.29) is 11.7 Å². The van der Waals surface area contributed by atoms with E-state index in [9.17, 15) is 9.59 Å². The number of anilines is 2. The third-order valence-corrected chi connectivity index (χ3v) is 15.2. The maximum absolute atomic E-state index is 13.3. The van der Waals surface area contributed by atoms with Crippen LogP contribution in [0, 0.1) is 37.5 Å². The Bertz CT molecular complexity index is 2680. The smallest absolute Gasteiger partial charge is 0.251 e. The number of hydrogen-bond acceptors (Lipinski definition) is 5. The van der Waals surface area contributed by atoms with E-state index in [4.69, 9.17) is 5.73 Å². The van der Waals surface area contributed by atoms with Crippen molar-refractivity contribution < 1.29 is 9.59 Å². The van der Waals surface area contributed by atoms with Crippen molar-refractivity contribution in [3.05, 3.63) is 154 Å². The third kappa shape index (κ3) is 8.20. The predicted octanol–water partition coefficient (Wildman–Crippen LogP) is 11.0. The first-order valence-corrected chi connectivity index (χ1v) is 23.5. The summed E-state index contributed by atoms with van der Waals surface area (Å²) in [5, 5.41) is 5.92. The molecule has 2 fully saturated rings. The summed E-state index contributed by atoms with van der Waals surface area (Å²) >= 11 is 0. The lowest BCUT2D eigenvalue weighted by Gasteiger charge is -2.48. The second-order valence-corrected chi connectivity index (χ2v) is 19.1. The van der Waals surface area contributed by atoms with Gasteiger partial charge in [0.05, 0.1) is 12.1 Å². The van der Waals surface area contributed by atoms with E-state index in [1.165, 1.54) is 68.3 Å². The molecule has 6 aromatic rings. The molecule has 0 unspecified atom stereocenters. The molecule has 4 aromatic carbocycles. The number of aromatic nitrogens is 2. The molecule has 0 bridgehead atoms. The average Bonchev–Trinajstić information content (AvgIpc) is 3.89. The van der Waals surface area contributed by atoms with Gasteiger partial charge in [0.1, 0.15) is 0 Å². The molecule has 2 aliphatic carbocycles. The van der Waals surface area contributed by atoms with Crippen LogP contribution in [0.3, 0.4) is 0 Å². The van der Waals surface area contributed by atoms with Gasteiger partial charge in [-0.3, -0.25) is 19.4 Å². The minimum atomic E-state index is 0.0830. The number of Topliss-reactive ketones (excluding diaryl/α,β-unsaturated/α-hetero) is 1. The Kier molecular flexibility index (Phi) is 11.5. The Labute approximate surface area is 372 Å². The third-order valence-electron chi connectivity index (χ3n) is 15.2. The first-order valence-electron chi connectivity index (χ1n) is 23.5. The molecule has 0 saturated carbocycles. The summed E-state index contributed by atoms with van der Waals surface area (Å²) in [6.07, 6.45) is 13.3. The lowest BCUT2D eigenvalue weighted by Crippen LogP contribution is -2.48. The van der Waals surface area contributed by atoms with Crippen molar-refractivity contribution in [2.45, 2.75) is 84.2 Å². The first kappa shape index (κ1) is 41.3. The summed E-state index contributed by atoms with van der Waals surface area (Å²) in [5.41, 5.74) is 20.0. The largest absolute Gasteiger partial charge is 0.399 e. The normalized spacial score (nSPS) is 24.9. The number of nitrogens with one attached hydrogen (secondary N) is 3. The molecular weight excluding hydrogens is 777 g/mol. The number of piperidine rings is 2. The number of hydrogen-bond donors (Lipinski definition) is 4. The Balaban J connectivity index is 0.000000130. The van der Waals surface area contributed by atoms with E-state index in [0.29, 0.717) is 35.8 Å². The van der Waals surface area contributed by atoms with Gasteiger partial charge < -0.3 is 21.0 Å². The van der Waals surface area contributed by atoms with Gasteiger partial charge in [0, 0.05) is 76.3 Å². The second-order valence-electron chi connectivity index (χ2n) is 19.1. The number of aryl methyl sites for hydroxylation is 2. The van der Waals surface area contributed by atoms with Crippen molar-refractivity contribution in [1.29, 1.82) is 0 Å². The molecule has 6 aliphatic rings. The molecular formula is C55H62N6O2. The zero-order valence-corrected chi connectivity index (χ0v) is 37.1. The molecule has 2 aromatic heterocycles. The number of ketones is 1. The summed E-state index contributed by atoms with van der Waals surface area (Å²) in [4.78, 5) is 38.1. The highest BCUT2D eigenvalue weighted by molar-refractivity contribution is 6.04. The number of benzene rings is 4. The van der Waals surface area contributed by atoms with Crippen LogP contribution in [0.2, 0.25) is 0 Å². The van der Waals surface area contributed by atoms with Crippen LogP contribution in [0.5, 0.6) is 0 Å². The number of nitrogen functional groups attached to an aromatic ring is 1. The van der Waals surface area contributed by atoms with Crippen molar-refractivity contribution in [3.63, 3.8) is 0 Å². The standard InChI is InChI=1S/C27H29N3O.C21H24N2O.C7H9N/c1-17-9-11-19(12-10-17)28-27(31)22-7-4-5-18-16-30-14-13-21-20-6-2-3-8-24(20)29-26(21)25(30)15-23(18)22;1-13(24)15-7-4-5-14-12-23-10-9-17-16-6-2-3-8-19(16)22-21(17)20(23)11-18(14)15;1-6-2-4-7(8)5-3-6/h2-3,6-12,18,23,25,29H,4-5,13-16H2,1H3,(H,28,31);2-3,6-8,14,18,20,22H,4-5,9-12H2,1H3;2-5H,8H2,1H3/t18-,23-,25-;14-,18-,20-;/m00./s1. The fraction of sp³-hybridized carbons (Fsp3) is 0.382. The van der Waals surface area contributed by atoms with Gasteiger partial charge >= 0.3 is 0 Å². The number of H-pyrrole nitrogens is 2. The zero-order chi connectivity index (χ0) is 43.2. The topological polar surface area (TPSA) is 110 Å². The van der Waals surface area contributed by atoms with Gasteiger partial charge in [-0.2, -0.15) is 0 Å². The van der Waals surface area contributed by atoms with E-state index >= 15 is 0 Å². The van der Waals surface area contributed by atoms with Gasteiger partial charge in [-0.15, -0.1) is 0 Å². The van der Waals surface area contributed by atoms with Crippen LogP contribution in [0.25, 0.3) is 21.8 Å². The molecule has 5 N–H and O–H groups in total. The summed E-state index contributed by atoms with van der Waals surface area (Å²) in [6, 6.07) is 34.0. The molecule has 8 nitrogen and oxygen atoms in total. The Morgan fingerprint density at radius 3 is 1.62 bits per heavy atom. The van der Waals surface area contributed by atoms with E-state index in [2.05, 4.69) is 92.7 Å². The van der Waals surface area contributed by atoms with Crippen molar-refractivity contribution >= 4 is 44.9 Å². The molecule has 12 rings (SSSR count). The zero-order valence-electron chi connectivity index (χ0n) is 37.1. The maximum atomic E-state index is 13.3. The predicted molar refractivity (Wildman–Crippen MR) is 257 cm³/mol. The molecule has 324 valence electrons. The van der Waals surface area contributed by atoms with Gasteiger partial charge in [-0.05, 0) is 149 Å². The lowest BCUT2D eigenvalue weighted by atomic mass is 9.69. The summed E-state index contributed by atoms with van der Waals surface area (Å²) < 4.78 is 0. The molecule has 6 heterocycles. The van der Waals surface area contributed by atoms with Crippen LogP contribution in [0.4, 0.5) is 11.4 Å². The van der Waals surface area contributed by atoms with Gasteiger partial charge in [0.15, 0.2) is 5.78 Å².